The first-order chi connectivity index (χ1) is 10.7. The van der Waals surface area contributed by atoms with Crippen LogP contribution in [0.2, 0.25) is 5.02 Å². The molecule has 0 amide bonds. The van der Waals surface area contributed by atoms with Gasteiger partial charge in [-0.25, -0.2) is 9.37 Å². The first kappa shape index (κ1) is 15.8. The molecule has 0 aliphatic carbocycles. The van der Waals surface area contributed by atoms with Gasteiger partial charge in [0.05, 0.1) is 18.1 Å². The Hall–Kier alpha value is -1.04. The van der Waals surface area contributed by atoms with Gasteiger partial charge in [0, 0.05) is 29.2 Å². The maximum Gasteiger partial charge on any atom is 0.129 e. The molecule has 1 aromatic heterocycles. The summed E-state index contributed by atoms with van der Waals surface area (Å²) in [4.78, 5) is 9.97. The summed E-state index contributed by atoms with van der Waals surface area (Å²) in [6.45, 7) is 1.86. The number of imidazole rings is 1. The Morgan fingerprint density at radius 2 is 2.36 bits per heavy atom. The Kier molecular flexibility index (Phi) is 5.06. The predicted molar refractivity (Wildman–Crippen MR) is 90.1 cm³/mol. The second-order valence-electron chi connectivity index (χ2n) is 5.47. The van der Waals surface area contributed by atoms with Crippen molar-refractivity contribution in [1.29, 1.82) is 0 Å². The van der Waals surface area contributed by atoms with Crippen molar-refractivity contribution in [3.8, 4) is 0 Å². The summed E-state index contributed by atoms with van der Waals surface area (Å²) < 4.78 is 14.4. The zero-order valence-electron chi connectivity index (χ0n) is 12.5. The number of fused-ring (bicyclic) bond motifs is 1. The standard InChI is InChI=1S/C16H19ClFN3S/c1-22-8-2-6-21-7-5-14-15(20-10-19-14)16(21)12-4-3-11(17)9-13(12)18/h3-4,9-10,16H,2,5-8H2,1H3,(H,19,20)/t16-/m1/s1. The zero-order chi connectivity index (χ0) is 15.5. The Morgan fingerprint density at radius 1 is 1.50 bits per heavy atom. The molecule has 1 aliphatic rings. The fourth-order valence-electron chi connectivity index (χ4n) is 3.05. The summed E-state index contributed by atoms with van der Waals surface area (Å²) >= 11 is 7.74. The molecule has 0 radical (unpaired) electrons. The Bertz CT molecular complexity index is 646. The quantitative estimate of drug-likeness (QED) is 0.838. The lowest BCUT2D eigenvalue weighted by Crippen LogP contribution is -2.37. The summed E-state index contributed by atoms with van der Waals surface area (Å²) in [5, 5.41) is 0.424. The highest BCUT2D eigenvalue weighted by atomic mass is 35.5. The molecule has 0 spiro atoms. The molecule has 3 rings (SSSR count). The van der Waals surface area contributed by atoms with Gasteiger partial charge in [-0.05, 0) is 37.1 Å². The number of rotatable bonds is 5. The van der Waals surface area contributed by atoms with Gasteiger partial charge in [-0.1, -0.05) is 17.7 Å². The number of nitrogens with one attached hydrogen (secondary N) is 1. The van der Waals surface area contributed by atoms with Gasteiger partial charge in [-0.3, -0.25) is 4.90 Å². The van der Waals surface area contributed by atoms with Crippen LogP contribution in [0.5, 0.6) is 0 Å². The molecule has 0 unspecified atom stereocenters. The summed E-state index contributed by atoms with van der Waals surface area (Å²) in [5.41, 5.74) is 2.71. The molecule has 118 valence electrons. The molecule has 3 nitrogen and oxygen atoms in total. The molecule has 1 N–H and O–H groups in total. The average Bonchev–Trinajstić information content (AvgIpc) is 2.96. The third-order valence-corrected chi connectivity index (χ3v) is 5.01. The minimum Gasteiger partial charge on any atom is -0.348 e. The van der Waals surface area contributed by atoms with Gasteiger partial charge in [0.25, 0.3) is 0 Å². The van der Waals surface area contributed by atoms with Gasteiger partial charge in [-0.15, -0.1) is 0 Å². The second-order valence-corrected chi connectivity index (χ2v) is 6.89. The Morgan fingerprint density at radius 3 is 3.14 bits per heavy atom. The number of nitrogens with zero attached hydrogens (tertiary/aromatic N) is 2. The first-order valence-electron chi connectivity index (χ1n) is 7.40. The summed E-state index contributed by atoms with van der Waals surface area (Å²) in [7, 11) is 0. The number of H-pyrrole nitrogens is 1. The fraction of sp³-hybridized carbons (Fsp3) is 0.438. The van der Waals surface area contributed by atoms with Crippen LogP contribution in [-0.4, -0.2) is 40.0 Å². The number of benzene rings is 1. The van der Waals surface area contributed by atoms with Crippen LogP contribution in [0.15, 0.2) is 24.5 Å². The molecule has 0 saturated carbocycles. The highest BCUT2D eigenvalue weighted by Crippen LogP contribution is 2.35. The smallest absolute Gasteiger partial charge is 0.129 e. The van der Waals surface area contributed by atoms with Crippen molar-refractivity contribution in [3.05, 3.63) is 52.3 Å². The maximum atomic E-state index is 14.4. The van der Waals surface area contributed by atoms with Crippen molar-refractivity contribution < 1.29 is 4.39 Å². The molecule has 6 heteroatoms. The van der Waals surface area contributed by atoms with Crippen LogP contribution < -0.4 is 0 Å². The third kappa shape index (κ3) is 3.16. The normalized spacial score (nSPS) is 18.4. The van der Waals surface area contributed by atoms with E-state index in [0.29, 0.717) is 10.6 Å². The number of aromatic amines is 1. The lowest BCUT2D eigenvalue weighted by Gasteiger charge is -2.35. The molecule has 0 saturated heterocycles. The average molecular weight is 340 g/mol. The summed E-state index contributed by atoms with van der Waals surface area (Å²) in [6.07, 6.45) is 5.84. The molecular formula is C16H19ClFN3S. The number of aromatic nitrogens is 2. The van der Waals surface area contributed by atoms with E-state index in [2.05, 4.69) is 21.1 Å². The molecule has 2 heterocycles. The van der Waals surface area contributed by atoms with Crippen LogP contribution in [-0.2, 0) is 6.42 Å². The van der Waals surface area contributed by atoms with E-state index in [1.54, 1.807) is 18.5 Å². The molecule has 1 atom stereocenters. The van der Waals surface area contributed by atoms with Crippen LogP contribution in [0, 0.1) is 5.82 Å². The molecule has 2 aromatic rings. The van der Waals surface area contributed by atoms with E-state index in [1.807, 2.05) is 11.8 Å². The second kappa shape index (κ2) is 7.02. The summed E-state index contributed by atoms with van der Waals surface area (Å²) in [5.74, 6) is 0.850. The lowest BCUT2D eigenvalue weighted by atomic mass is 9.95. The third-order valence-electron chi connectivity index (χ3n) is 4.08. The van der Waals surface area contributed by atoms with Crippen LogP contribution in [0.1, 0.15) is 29.4 Å². The van der Waals surface area contributed by atoms with Crippen molar-refractivity contribution in [3.63, 3.8) is 0 Å². The minimum atomic E-state index is -0.261. The van der Waals surface area contributed by atoms with Gasteiger partial charge in [0.2, 0.25) is 0 Å². The number of thioether (sulfide) groups is 1. The largest absolute Gasteiger partial charge is 0.348 e. The van der Waals surface area contributed by atoms with Gasteiger partial charge in [-0.2, -0.15) is 11.8 Å². The highest BCUT2D eigenvalue weighted by Gasteiger charge is 2.32. The number of hydrogen-bond donors (Lipinski definition) is 1. The van der Waals surface area contributed by atoms with Crippen LogP contribution in [0.4, 0.5) is 4.39 Å². The predicted octanol–water partition coefficient (Wildman–Crippen LogP) is 3.90. The van der Waals surface area contributed by atoms with E-state index >= 15 is 0 Å². The first-order valence-corrected chi connectivity index (χ1v) is 9.18. The van der Waals surface area contributed by atoms with E-state index in [1.165, 1.54) is 6.07 Å². The van der Waals surface area contributed by atoms with Crippen molar-refractivity contribution in [2.75, 3.05) is 25.1 Å². The molecule has 1 aromatic carbocycles. The van der Waals surface area contributed by atoms with Gasteiger partial charge in [0.15, 0.2) is 0 Å². The molecule has 22 heavy (non-hydrogen) atoms. The number of halogens is 2. The van der Waals surface area contributed by atoms with Crippen LogP contribution >= 0.6 is 23.4 Å². The summed E-state index contributed by atoms with van der Waals surface area (Å²) in [6, 6.07) is 4.79. The monoisotopic (exact) mass is 339 g/mol. The molecule has 0 bridgehead atoms. The Balaban J connectivity index is 1.94. The Labute approximate surface area is 139 Å². The van der Waals surface area contributed by atoms with E-state index in [-0.39, 0.29) is 11.9 Å². The van der Waals surface area contributed by atoms with Crippen molar-refractivity contribution in [1.82, 2.24) is 14.9 Å². The fourth-order valence-corrected chi connectivity index (χ4v) is 3.62. The van der Waals surface area contributed by atoms with Crippen molar-refractivity contribution in [2.24, 2.45) is 0 Å². The number of hydrogen-bond acceptors (Lipinski definition) is 3. The molecule has 0 fully saturated rings. The van der Waals surface area contributed by atoms with Gasteiger partial charge >= 0.3 is 0 Å². The van der Waals surface area contributed by atoms with Gasteiger partial charge < -0.3 is 4.98 Å². The minimum absolute atomic E-state index is 0.130. The molecule has 1 aliphatic heterocycles. The van der Waals surface area contributed by atoms with E-state index in [4.69, 9.17) is 11.6 Å². The molecular weight excluding hydrogens is 321 g/mol. The van der Waals surface area contributed by atoms with Crippen molar-refractivity contribution >= 4 is 23.4 Å². The zero-order valence-corrected chi connectivity index (χ0v) is 14.1. The van der Waals surface area contributed by atoms with Gasteiger partial charge in [0.1, 0.15) is 5.82 Å². The van der Waals surface area contributed by atoms with E-state index in [9.17, 15) is 4.39 Å². The SMILES string of the molecule is CSCCCN1CCc2[nH]cnc2[C@H]1c1ccc(Cl)cc1F. The van der Waals surface area contributed by atoms with Crippen molar-refractivity contribution in [2.45, 2.75) is 18.9 Å². The highest BCUT2D eigenvalue weighted by molar-refractivity contribution is 7.98. The van der Waals surface area contributed by atoms with Crippen LogP contribution in [0.25, 0.3) is 0 Å². The van der Waals surface area contributed by atoms with Crippen LogP contribution in [0.3, 0.4) is 0 Å². The topological polar surface area (TPSA) is 31.9 Å². The maximum absolute atomic E-state index is 14.4. The van der Waals surface area contributed by atoms with E-state index in [0.717, 1.165) is 43.1 Å². The lowest BCUT2D eigenvalue weighted by molar-refractivity contribution is 0.206. The van der Waals surface area contributed by atoms with E-state index < -0.39 is 0 Å².